The molecule has 118 valence electrons. The summed E-state index contributed by atoms with van der Waals surface area (Å²) in [4.78, 5) is 11.7. The molecule has 2 heterocycles. The summed E-state index contributed by atoms with van der Waals surface area (Å²) in [5, 5.41) is 2.63. The topological polar surface area (TPSA) is 88.9 Å². The van der Waals surface area contributed by atoms with Crippen LogP contribution in [0.5, 0.6) is 0 Å². The predicted octanol–water partition coefficient (Wildman–Crippen LogP) is 0.450. The summed E-state index contributed by atoms with van der Waals surface area (Å²) in [7, 11) is -3.33. The molecule has 7 nitrogen and oxygen atoms in total. The van der Waals surface area contributed by atoms with Crippen molar-refractivity contribution in [3.8, 4) is 0 Å². The molecular weight excluding hydrogens is 296 g/mol. The molecule has 21 heavy (non-hydrogen) atoms. The third-order valence-electron chi connectivity index (χ3n) is 3.29. The number of furan rings is 1. The highest BCUT2D eigenvalue weighted by Gasteiger charge is 2.24. The highest BCUT2D eigenvalue weighted by Crippen LogP contribution is 2.14. The van der Waals surface area contributed by atoms with Gasteiger partial charge in [0.1, 0.15) is 0 Å². The minimum atomic E-state index is -3.33. The molecule has 2 rings (SSSR count). The summed E-state index contributed by atoms with van der Waals surface area (Å²) in [5.41, 5.74) is 0. The Kier molecular flexibility index (Phi) is 5.38. The number of carbonyl (C=O) groups is 1. The van der Waals surface area contributed by atoms with E-state index in [1.54, 1.807) is 12.1 Å². The first-order valence-electron chi connectivity index (χ1n) is 6.85. The maximum atomic E-state index is 11.8. The summed E-state index contributed by atoms with van der Waals surface area (Å²) in [6.07, 6.45) is 4.34. The third kappa shape index (κ3) is 4.83. The van der Waals surface area contributed by atoms with E-state index in [1.807, 2.05) is 0 Å². The molecule has 0 saturated carbocycles. The molecule has 0 aliphatic carbocycles. The van der Waals surface area contributed by atoms with Crippen molar-refractivity contribution in [2.24, 2.45) is 0 Å². The molecule has 1 atom stereocenters. The number of carbonyl (C=O) groups excluding carboxylic acids is 1. The Bertz CT molecular complexity index is 549. The minimum absolute atomic E-state index is 0.0551. The van der Waals surface area contributed by atoms with E-state index in [4.69, 9.17) is 9.15 Å². The van der Waals surface area contributed by atoms with E-state index in [0.717, 1.165) is 19.1 Å². The van der Waals surface area contributed by atoms with Crippen LogP contribution in [0.3, 0.4) is 0 Å². The van der Waals surface area contributed by atoms with E-state index in [0.29, 0.717) is 13.2 Å². The maximum absolute atomic E-state index is 11.8. The summed E-state index contributed by atoms with van der Waals surface area (Å²) < 4.78 is 35.3. The Morgan fingerprint density at radius 1 is 1.52 bits per heavy atom. The van der Waals surface area contributed by atoms with Gasteiger partial charge in [-0.05, 0) is 25.0 Å². The number of nitrogens with one attached hydrogen (secondary N) is 1. The number of hydrogen-bond donors (Lipinski definition) is 1. The van der Waals surface area contributed by atoms with Crippen LogP contribution in [0.25, 0.3) is 0 Å². The molecule has 1 aliphatic heterocycles. The van der Waals surface area contributed by atoms with Gasteiger partial charge in [-0.25, -0.2) is 8.42 Å². The van der Waals surface area contributed by atoms with E-state index in [-0.39, 0.29) is 30.9 Å². The molecule has 1 saturated heterocycles. The number of hydrogen-bond acceptors (Lipinski definition) is 5. The van der Waals surface area contributed by atoms with Gasteiger partial charge in [-0.1, -0.05) is 0 Å². The number of rotatable bonds is 7. The number of sulfonamides is 1. The molecule has 1 fully saturated rings. The van der Waals surface area contributed by atoms with E-state index in [1.165, 1.54) is 10.6 Å². The third-order valence-corrected chi connectivity index (χ3v) is 4.56. The highest BCUT2D eigenvalue weighted by atomic mass is 32.2. The van der Waals surface area contributed by atoms with E-state index < -0.39 is 10.0 Å². The minimum Gasteiger partial charge on any atom is -0.459 e. The fraction of sp³-hybridized carbons (Fsp3) is 0.615. The molecule has 1 N–H and O–H groups in total. The lowest BCUT2D eigenvalue weighted by Gasteiger charge is -2.23. The highest BCUT2D eigenvalue weighted by molar-refractivity contribution is 7.88. The van der Waals surface area contributed by atoms with Crippen LogP contribution in [0.2, 0.25) is 0 Å². The van der Waals surface area contributed by atoms with Crippen molar-refractivity contribution in [2.45, 2.75) is 18.9 Å². The van der Waals surface area contributed by atoms with Gasteiger partial charge < -0.3 is 14.5 Å². The van der Waals surface area contributed by atoms with E-state index >= 15 is 0 Å². The van der Waals surface area contributed by atoms with Crippen molar-refractivity contribution >= 4 is 15.9 Å². The molecule has 0 spiro atoms. The number of nitrogens with zero attached hydrogens (tertiary/aromatic N) is 1. The average molecular weight is 316 g/mol. The standard InChI is InChI=1S/C13H20N2O5S/c1-21(17,18)15(10-11-4-2-8-19-11)7-6-14-13(16)12-5-3-9-20-12/h3,5,9,11H,2,4,6-8,10H2,1H3,(H,14,16). The van der Waals surface area contributed by atoms with Gasteiger partial charge in [0.05, 0.1) is 18.6 Å². The summed E-state index contributed by atoms with van der Waals surface area (Å²) >= 11 is 0. The number of ether oxygens (including phenoxy) is 1. The van der Waals surface area contributed by atoms with Gasteiger partial charge in [-0.3, -0.25) is 4.79 Å². The van der Waals surface area contributed by atoms with Crippen molar-refractivity contribution in [3.05, 3.63) is 24.2 Å². The van der Waals surface area contributed by atoms with Crippen molar-refractivity contribution < 1.29 is 22.4 Å². The van der Waals surface area contributed by atoms with Crippen LogP contribution in [-0.4, -0.2) is 57.2 Å². The van der Waals surface area contributed by atoms with Crippen molar-refractivity contribution in [3.63, 3.8) is 0 Å². The molecule has 0 aromatic carbocycles. The summed E-state index contributed by atoms with van der Waals surface area (Å²) in [5.74, 6) is -0.148. The lowest BCUT2D eigenvalue weighted by Crippen LogP contribution is -2.41. The zero-order chi connectivity index (χ0) is 15.3. The van der Waals surface area contributed by atoms with Gasteiger partial charge in [0.15, 0.2) is 5.76 Å². The van der Waals surface area contributed by atoms with Crippen LogP contribution in [0, 0.1) is 0 Å². The molecule has 8 heteroatoms. The Hall–Kier alpha value is -1.38. The Balaban J connectivity index is 1.83. The molecule has 1 amide bonds. The second kappa shape index (κ2) is 7.06. The lowest BCUT2D eigenvalue weighted by atomic mass is 10.2. The van der Waals surface area contributed by atoms with E-state index in [9.17, 15) is 13.2 Å². The van der Waals surface area contributed by atoms with Gasteiger partial charge in [-0.2, -0.15) is 4.31 Å². The molecular formula is C13H20N2O5S. The monoisotopic (exact) mass is 316 g/mol. The van der Waals surface area contributed by atoms with Crippen LogP contribution in [0.4, 0.5) is 0 Å². The van der Waals surface area contributed by atoms with Gasteiger partial charge in [0, 0.05) is 26.2 Å². The first-order valence-corrected chi connectivity index (χ1v) is 8.70. The van der Waals surface area contributed by atoms with Gasteiger partial charge in [-0.15, -0.1) is 0 Å². The number of amides is 1. The lowest BCUT2D eigenvalue weighted by molar-refractivity contribution is 0.0895. The Labute approximate surface area is 124 Å². The van der Waals surface area contributed by atoms with Crippen molar-refractivity contribution in [1.29, 1.82) is 0 Å². The van der Waals surface area contributed by atoms with Crippen LogP contribution in [0.1, 0.15) is 23.4 Å². The Morgan fingerprint density at radius 2 is 2.33 bits per heavy atom. The SMILES string of the molecule is CS(=O)(=O)N(CCNC(=O)c1ccco1)CC1CCCO1. The van der Waals surface area contributed by atoms with Crippen LogP contribution in [-0.2, 0) is 14.8 Å². The fourth-order valence-corrected chi connectivity index (χ4v) is 3.06. The predicted molar refractivity (Wildman–Crippen MR) is 76.4 cm³/mol. The molecule has 1 unspecified atom stereocenters. The molecule has 1 aromatic rings. The van der Waals surface area contributed by atoms with Crippen molar-refractivity contribution in [1.82, 2.24) is 9.62 Å². The molecule has 1 aromatic heterocycles. The summed E-state index contributed by atoms with van der Waals surface area (Å²) in [6.45, 7) is 1.44. The quantitative estimate of drug-likeness (QED) is 0.789. The van der Waals surface area contributed by atoms with Gasteiger partial charge in [0.2, 0.25) is 10.0 Å². The zero-order valence-corrected chi connectivity index (χ0v) is 12.8. The van der Waals surface area contributed by atoms with Gasteiger partial charge in [0.25, 0.3) is 5.91 Å². The maximum Gasteiger partial charge on any atom is 0.287 e. The first kappa shape index (κ1) is 16.0. The zero-order valence-electron chi connectivity index (χ0n) is 11.9. The van der Waals surface area contributed by atoms with Gasteiger partial charge >= 0.3 is 0 Å². The smallest absolute Gasteiger partial charge is 0.287 e. The summed E-state index contributed by atoms with van der Waals surface area (Å²) in [6, 6.07) is 3.17. The van der Waals surface area contributed by atoms with Crippen LogP contribution >= 0.6 is 0 Å². The Morgan fingerprint density at radius 3 is 2.90 bits per heavy atom. The molecule has 0 bridgehead atoms. The molecule has 0 radical (unpaired) electrons. The largest absolute Gasteiger partial charge is 0.459 e. The average Bonchev–Trinajstić information content (AvgIpc) is 3.09. The van der Waals surface area contributed by atoms with Crippen molar-refractivity contribution in [2.75, 3.05) is 32.5 Å². The van der Waals surface area contributed by atoms with E-state index in [2.05, 4.69) is 5.32 Å². The van der Waals surface area contributed by atoms with Crippen LogP contribution < -0.4 is 5.32 Å². The molecule has 1 aliphatic rings. The second-order valence-corrected chi connectivity index (χ2v) is 6.97. The first-order chi connectivity index (χ1) is 9.97. The van der Waals surface area contributed by atoms with Crippen LogP contribution in [0.15, 0.2) is 22.8 Å². The normalized spacial score (nSPS) is 19.0. The second-order valence-electron chi connectivity index (χ2n) is 4.99. The fourth-order valence-electron chi connectivity index (χ4n) is 2.20.